The number of alkyl halides is 3. The van der Waals surface area contributed by atoms with Crippen LogP contribution in [-0.4, -0.2) is 40.8 Å². The largest absolute Gasteiger partial charge is 0.416 e. The van der Waals surface area contributed by atoms with Crippen LogP contribution < -0.4 is 5.32 Å². The predicted molar refractivity (Wildman–Crippen MR) is 121 cm³/mol. The van der Waals surface area contributed by atoms with Gasteiger partial charge in [-0.05, 0) is 44.7 Å². The van der Waals surface area contributed by atoms with Crippen molar-refractivity contribution in [1.29, 1.82) is 0 Å². The summed E-state index contributed by atoms with van der Waals surface area (Å²) >= 11 is 1.18. The first-order chi connectivity index (χ1) is 15.7. The molecule has 2 fully saturated rings. The molecule has 0 radical (unpaired) electrons. The minimum Gasteiger partial charge on any atom is -0.348 e. The number of rotatable bonds is 4. The quantitative estimate of drug-likeness (QED) is 0.635. The van der Waals surface area contributed by atoms with Crippen molar-refractivity contribution in [3.63, 3.8) is 0 Å². The molecule has 0 spiro atoms. The Bertz CT molecular complexity index is 989. The maximum atomic E-state index is 12.9. The fourth-order valence-electron chi connectivity index (χ4n) is 4.64. The number of aromatic nitrogens is 1. The fraction of sp³-hybridized carbons (Fsp3) is 0.542. The third kappa shape index (κ3) is 5.57. The first-order valence-electron chi connectivity index (χ1n) is 11.5. The number of carbonyl (C=O) groups is 2. The number of likely N-dealkylation sites (tertiary alicyclic amines) is 1. The number of benzene rings is 1. The first-order valence-corrected chi connectivity index (χ1v) is 12.3. The van der Waals surface area contributed by atoms with Crippen molar-refractivity contribution >= 4 is 23.2 Å². The average Bonchev–Trinajstić information content (AvgIpc) is 3.21. The molecule has 1 saturated carbocycles. The normalized spacial score (nSPS) is 18.4. The SMILES string of the molecule is Cc1nc(-c2ccc(C(F)(F)F)cc2)sc1C(=O)NC1CCN(C(=O)C2CCCCC2)CC1. The van der Waals surface area contributed by atoms with E-state index >= 15 is 0 Å². The van der Waals surface area contributed by atoms with Crippen LogP contribution in [0.3, 0.4) is 0 Å². The first kappa shape index (κ1) is 23.7. The third-order valence-corrected chi connectivity index (χ3v) is 7.76. The second-order valence-corrected chi connectivity index (χ2v) is 9.92. The highest BCUT2D eigenvalue weighted by atomic mass is 32.1. The topological polar surface area (TPSA) is 62.3 Å². The number of aryl methyl sites for hydroxylation is 1. The second kappa shape index (κ2) is 9.83. The van der Waals surface area contributed by atoms with Crippen LogP contribution in [0.25, 0.3) is 10.6 Å². The molecule has 2 aromatic rings. The summed E-state index contributed by atoms with van der Waals surface area (Å²) in [5.41, 5.74) is 0.382. The van der Waals surface area contributed by atoms with Gasteiger partial charge < -0.3 is 10.2 Å². The molecule has 4 rings (SSSR count). The Morgan fingerprint density at radius 3 is 2.27 bits per heavy atom. The van der Waals surface area contributed by atoms with Gasteiger partial charge in [-0.1, -0.05) is 31.4 Å². The van der Waals surface area contributed by atoms with Crippen molar-refractivity contribution in [3.05, 3.63) is 40.4 Å². The van der Waals surface area contributed by atoms with Gasteiger partial charge >= 0.3 is 6.18 Å². The van der Waals surface area contributed by atoms with Gasteiger partial charge in [0.15, 0.2) is 0 Å². The third-order valence-electron chi connectivity index (χ3n) is 6.56. The molecule has 33 heavy (non-hydrogen) atoms. The van der Waals surface area contributed by atoms with Crippen molar-refractivity contribution < 1.29 is 22.8 Å². The summed E-state index contributed by atoms with van der Waals surface area (Å²) in [6.45, 7) is 3.03. The molecule has 1 aliphatic heterocycles. The Kier molecular flexibility index (Phi) is 7.07. The standard InChI is InChI=1S/C24H28F3N3O2S/c1-15-20(33-22(28-15)16-7-9-18(10-8-16)24(25,26)27)21(31)29-19-11-13-30(14-12-19)23(32)17-5-3-2-4-6-17/h7-10,17,19H,2-6,11-14H2,1H3,(H,29,31). The van der Waals surface area contributed by atoms with Crippen molar-refractivity contribution in [1.82, 2.24) is 15.2 Å². The second-order valence-electron chi connectivity index (χ2n) is 8.92. The minimum atomic E-state index is -4.39. The van der Waals surface area contributed by atoms with E-state index in [1.807, 2.05) is 4.90 Å². The number of amides is 2. The van der Waals surface area contributed by atoms with Crippen LogP contribution in [-0.2, 0) is 11.0 Å². The highest BCUT2D eigenvalue weighted by molar-refractivity contribution is 7.17. The number of nitrogens with zero attached hydrogens (tertiary/aromatic N) is 2. The van der Waals surface area contributed by atoms with Gasteiger partial charge in [-0.25, -0.2) is 4.98 Å². The molecule has 0 bridgehead atoms. The molecule has 0 atom stereocenters. The van der Waals surface area contributed by atoms with Gasteiger partial charge in [0, 0.05) is 30.6 Å². The Morgan fingerprint density at radius 1 is 1.03 bits per heavy atom. The zero-order valence-electron chi connectivity index (χ0n) is 18.6. The number of nitrogens with one attached hydrogen (secondary N) is 1. The Balaban J connectivity index is 1.34. The average molecular weight is 480 g/mol. The molecule has 0 unspecified atom stereocenters. The van der Waals surface area contributed by atoms with E-state index in [1.54, 1.807) is 6.92 Å². The molecule has 9 heteroatoms. The lowest BCUT2D eigenvalue weighted by Gasteiger charge is -2.35. The molecule has 1 aromatic heterocycles. The summed E-state index contributed by atoms with van der Waals surface area (Å²) in [6, 6.07) is 4.79. The van der Waals surface area contributed by atoms with E-state index in [1.165, 1.54) is 29.9 Å². The van der Waals surface area contributed by atoms with Crippen LogP contribution in [0, 0.1) is 12.8 Å². The van der Waals surface area contributed by atoms with Crippen LogP contribution in [0.15, 0.2) is 24.3 Å². The number of piperidine rings is 1. The Morgan fingerprint density at radius 2 is 1.67 bits per heavy atom. The van der Waals surface area contributed by atoms with Gasteiger partial charge in [-0.3, -0.25) is 9.59 Å². The van der Waals surface area contributed by atoms with Crippen molar-refractivity contribution in [3.8, 4) is 10.6 Å². The molecule has 2 amide bonds. The number of thiazole rings is 1. The zero-order valence-corrected chi connectivity index (χ0v) is 19.4. The van der Waals surface area contributed by atoms with Crippen molar-refractivity contribution in [2.45, 2.75) is 64.1 Å². The molecule has 2 aliphatic rings. The maximum Gasteiger partial charge on any atom is 0.416 e. The van der Waals surface area contributed by atoms with E-state index in [-0.39, 0.29) is 23.8 Å². The number of hydrogen-bond donors (Lipinski definition) is 1. The van der Waals surface area contributed by atoms with E-state index in [0.29, 0.717) is 47.1 Å². The Hall–Kier alpha value is -2.42. The molecule has 5 nitrogen and oxygen atoms in total. The van der Waals surface area contributed by atoms with Gasteiger partial charge in [-0.2, -0.15) is 13.2 Å². The number of carbonyl (C=O) groups excluding carboxylic acids is 2. The van der Waals surface area contributed by atoms with Gasteiger partial charge in [0.1, 0.15) is 9.88 Å². The van der Waals surface area contributed by atoms with E-state index in [9.17, 15) is 22.8 Å². The number of hydrogen-bond acceptors (Lipinski definition) is 4. The van der Waals surface area contributed by atoms with Crippen LogP contribution in [0.1, 0.15) is 65.9 Å². The zero-order chi connectivity index (χ0) is 23.6. The molecule has 1 aromatic carbocycles. The summed E-state index contributed by atoms with van der Waals surface area (Å²) in [4.78, 5) is 32.4. The van der Waals surface area contributed by atoms with Crippen LogP contribution in [0.4, 0.5) is 13.2 Å². The lowest BCUT2D eigenvalue weighted by molar-refractivity contribution is -0.138. The van der Waals surface area contributed by atoms with Gasteiger partial charge in [0.2, 0.25) is 5.91 Å². The summed E-state index contributed by atoms with van der Waals surface area (Å²) in [5, 5.41) is 3.57. The van der Waals surface area contributed by atoms with Gasteiger partial charge in [0.05, 0.1) is 11.3 Å². The molecule has 1 N–H and O–H groups in total. The molecule has 1 saturated heterocycles. The van der Waals surface area contributed by atoms with E-state index < -0.39 is 11.7 Å². The monoisotopic (exact) mass is 479 g/mol. The highest BCUT2D eigenvalue weighted by Crippen LogP contribution is 2.33. The van der Waals surface area contributed by atoms with Crippen LogP contribution in [0.5, 0.6) is 0 Å². The predicted octanol–water partition coefficient (Wildman–Crippen LogP) is 5.44. The summed E-state index contributed by atoms with van der Waals surface area (Å²) in [5.74, 6) is 0.201. The molecular weight excluding hydrogens is 451 g/mol. The van der Waals surface area contributed by atoms with E-state index in [0.717, 1.165) is 37.8 Å². The van der Waals surface area contributed by atoms with Gasteiger partial charge in [0.25, 0.3) is 5.91 Å². The van der Waals surface area contributed by atoms with Crippen LogP contribution >= 0.6 is 11.3 Å². The van der Waals surface area contributed by atoms with Crippen molar-refractivity contribution in [2.24, 2.45) is 5.92 Å². The Labute approximate surface area is 195 Å². The molecule has 2 heterocycles. The maximum absolute atomic E-state index is 12.9. The summed E-state index contributed by atoms with van der Waals surface area (Å²) in [7, 11) is 0. The fourth-order valence-corrected chi connectivity index (χ4v) is 5.61. The summed E-state index contributed by atoms with van der Waals surface area (Å²) in [6.07, 6.45) is 2.50. The minimum absolute atomic E-state index is 0.0103. The van der Waals surface area contributed by atoms with Gasteiger partial charge in [-0.15, -0.1) is 11.3 Å². The lowest BCUT2D eigenvalue weighted by atomic mass is 9.87. The lowest BCUT2D eigenvalue weighted by Crippen LogP contribution is -2.48. The molecule has 1 aliphatic carbocycles. The smallest absolute Gasteiger partial charge is 0.348 e. The molecular formula is C24H28F3N3O2S. The molecule has 178 valence electrons. The van der Waals surface area contributed by atoms with Crippen LogP contribution in [0.2, 0.25) is 0 Å². The van der Waals surface area contributed by atoms with E-state index in [4.69, 9.17) is 0 Å². The summed E-state index contributed by atoms with van der Waals surface area (Å²) < 4.78 is 38.4. The number of halogens is 3. The van der Waals surface area contributed by atoms with E-state index in [2.05, 4.69) is 10.3 Å². The highest BCUT2D eigenvalue weighted by Gasteiger charge is 2.31. The van der Waals surface area contributed by atoms with Crippen molar-refractivity contribution in [2.75, 3.05) is 13.1 Å².